The number of carbonyl (C=O) groups is 1. The van der Waals surface area contributed by atoms with E-state index in [1.807, 2.05) is 4.90 Å². The number of aryl methyl sites for hydroxylation is 2. The molecule has 0 aliphatic carbocycles. The van der Waals surface area contributed by atoms with E-state index in [-0.39, 0.29) is 5.91 Å². The third-order valence-corrected chi connectivity index (χ3v) is 5.22. The summed E-state index contributed by atoms with van der Waals surface area (Å²) < 4.78 is 1.71. The smallest absolute Gasteiger partial charge is 0.224 e. The normalized spacial score (nSPS) is 15.8. The first-order valence-corrected chi connectivity index (χ1v) is 8.90. The van der Waals surface area contributed by atoms with Gasteiger partial charge in [-0.3, -0.25) is 9.48 Å². The van der Waals surface area contributed by atoms with Gasteiger partial charge >= 0.3 is 0 Å². The third-order valence-electron chi connectivity index (χ3n) is 5.22. The fourth-order valence-corrected chi connectivity index (χ4v) is 3.96. The van der Waals surface area contributed by atoms with Crippen LogP contribution in [0, 0.1) is 6.92 Å². The third kappa shape index (κ3) is 3.16. The summed E-state index contributed by atoms with van der Waals surface area (Å²) in [5.41, 5.74) is 3.91. The van der Waals surface area contributed by atoms with Crippen LogP contribution in [0.4, 0.5) is 0 Å². The highest BCUT2D eigenvalue weighted by atomic mass is 16.2. The average molecular weight is 337 g/mol. The molecule has 1 fully saturated rings. The van der Waals surface area contributed by atoms with Crippen molar-refractivity contribution in [1.29, 1.82) is 0 Å². The Bertz CT molecular complexity index is 859. The zero-order chi connectivity index (χ0) is 17.2. The van der Waals surface area contributed by atoms with E-state index in [4.69, 9.17) is 0 Å². The van der Waals surface area contributed by atoms with Gasteiger partial charge in [-0.1, -0.05) is 18.2 Å². The minimum absolute atomic E-state index is 0.213. The van der Waals surface area contributed by atoms with Crippen molar-refractivity contribution in [3.63, 3.8) is 0 Å². The topological polar surface area (TPSA) is 66.8 Å². The van der Waals surface area contributed by atoms with Gasteiger partial charge in [0.25, 0.3) is 0 Å². The maximum atomic E-state index is 12.4. The lowest BCUT2D eigenvalue weighted by molar-refractivity contribution is -0.132. The zero-order valence-corrected chi connectivity index (χ0v) is 14.5. The van der Waals surface area contributed by atoms with E-state index < -0.39 is 0 Å². The Kier molecular flexibility index (Phi) is 4.26. The molecule has 130 valence electrons. The van der Waals surface area contributed by atoms with Crippen molar-refractivity contribution >= 4 is 16.8 Å². The molecule has 0 spiro atoms. The molecule has 0 atom stereocenters. The number of hydrogen-bond donors (Lipinski definition) is 1. The molecule has 0 radical (unpaired) electrons. The maximum Gasteiger partial charge on any atom is 0.224 e. The van der Waals surface area contributed by atoms with Crippen molar-refractivity contribution in [2.45, 2.75) is 38.6 Å². The van der Waals surface area contributed by atoms with Gasteiger partial charge in [0.15, 0.2) is 0 Å². The first kappa shape index (κ1) is 15.9. The number of benzene rings is 1. The van der Waals surface area contributed by atoms with Crippen molar-refractivity contribution in [3.8, 4) is 0 Å². The number of rotatable bonds is 4. The SMILES string of the molecule is Cc1[nH]c2ccccc2c1C1CCN(C(=O)CCn2cncn2)CC1. The minimum Gasteiger partial charge on any atom is -0.358 e. The molecule has 1 amide bonds. The number of hydrogen-bond acceptors (Lipinski definition) is 3. The molecule has 4 rings (SSSR count). The molecule has 6 heteroatoms. The van der Waals surface area contributed by atoms with Crippen LogP contribution >= 0.6 is 0 Å². The van der Waals surface area contributed by atoms with E-state index in [1.54, 1.807) is 11.0 Å². The molecule has 25 heavy (non-hydrogen) atoms. The summed E-state index contributed by atoms with van der Waals surface area (Å²) in [4.78, 5) is 21.8. The molecule has 3 aromatic rings. The molecule has 3 heterocycles. The fourth-order valence-electron chi connectivity index (χ4n) is 3.96. The molecular weight excluding hydrogens is 314 g/mol. The Morgan fingerprint density at radius 1 is 1.28 bits per heavy atom. The largest absolute Gasteiger partial charge is 0.358 e. The maximum absolute atomic E-state index is 12.4. The number of fused-ring (bicyclic) bond motifs is 1. The Morgan fingerprint density at radius 2 is 2.08 bits per heavy atom. The zero-order valence-electron chi connectivity index (χ0n) is 14.5. The highest BCUT2D eigenvalue weighted by Crippen LogP contribution is 2.35. The molecule has 1 aliphatic rings. The molecule has 1 aliphatic heterocycles. The predicted octanol–water partition coefficient (Wildman–Crippen LogP) is 2.86. The average Bonchev–Trinajstić information content (AvgIpc) is 3.26. The Morgan fingerprint density at radius 3 is 2.84 bits per heavy atom. The highest BCUT2D eigenvalue weighted by molar-refractivity contribution is 5.85. The quantitative estimate of drug-likeness (QED) is 0.796. The van der Waals surface area contributed by atoms with E-state index in [9.17, 15) is 4.79 Å². The van der Waals surface area contributed by atoms with Crippen LogP contribution in [0.5, 0.6) is 0 Å². The fraction of sp³-hybridized carbons (Fsp3) is 0.421. The van der Waals surface area contributed by atoms with Crippen molar-refractivity contribution in [3.05, 3.63) is 48.2 Å². The summed E-state index contributed by atoms with van der Waals surface area (Å²) in [6.45, 7) is 4.42. The van der Waals surface area contributed by atoms with Gasteiger partial charge in [0.05, 0.1) is 6.54 Å². The molecular formula is C19H23N5O. The lowest BCUT2D eigenvalue weighted by atomic mass is 9.87. The van der Waals surface area contributed by atoms with Gasteiger partial charge in [0, 0.05) is 36.1 Å². The van der Waals surface area contributed by atoms with Crippen LogP contribution in [-0.2, 0) is 11.3 Å². The number of nitrogens with zero attached hydrogens (tertiary/aromatic N) is 4. The second-order valence-electron chi connectivity index (χ2n) is 6.77. The van der Waals surface area contributed by atoms with E-state index in [0.29, 0.717) is 18.9 Å². The number of amides is 1. The summed E-state index contributed by atoms with van der Waals surface area (Å²) in [6.07, 6.45) is 5.69. The second-order valence-corrected chi connectivity index (χ2v) is 6.77. The second kappa shape index (κ2) is 6.70. The summed E-state index contributed by atoms with van der Waals surface area (Å²) in [5, 5.41) is 5.38. The molecule has 2 aromatic heterocycles. The van der Waals surface area contributed by atoms with Crippen LogP contribution in [0.2, 0.25) is 0 Å². The Hall–Kier alpha value is -2.63. The number of aromatic nitrogens is 4. The van der Waals surface area contributed by atoms with Crippen LogP contribution in [0.15, 0.2) is 36.9 Å². The van der Waals surface area contributed by atoms with Crippen LogP contribution in [-0.4, -0.2) is 43.6 Å². The molecule has 1 saturated heterocycles. The number of nitrogens with one attached hydrogen (secondary N) is 1. The van der Waals surface area contributed by atoms with Crippen molar-refractivity contribution in [2.24, 2.45) is 0 Å². The minimum atomic E-state index is 0.213. The molecule has 1 N–H and O–H groups in total. The van der Waals surface area contributed by atoms with Crippen LogP contribution in [0.25, 0.3) is 10.9 Å². The van der Waals surface area contributed by atoms with Gasteiger partial charge < -0.3 is 9.88 Å². The lowest BCUT2D eigenvalue weighted by Gasteiger charge is -2.32. The molecule has 0 saturated carbocycles. The van der Waals surface area contributed by atoms with E-state index in [1.165, 1.54) is 28.5 Å². The predicted molar refractivity (Wildman–Crippen MR) is 96.2 cm³/mol. The number of piperidine rings is 1. The van der Waals surface area contributed by atoms with Crippen LogP contribution in [0.3, 0.4) is 0 Å². The van der Waals surface area contributed by atoms with Gasteiger partial charge in [0.2, 0.25) is 5.91 Å². The van der Waals surface area contributed by atoms with Crippen LogP contribution < -0.4 is 0 Å². The molecule has 6 nitrogen and oxygen atoms in total. The Labute approximate surface area is 146 Å². The highest BCUT2D eigenvalue weighted by Gasteiger charge is 2.26. The van der Waals surface area contributed by atoms with Gasteiger partial charge in [-0.25, -0.2) is 4.98 Å². The summed E-state index contributed by atoms with van der Waals surface area (Å²) in [7, 11) is 0. The van der Waals surface area contributed by atoms with Crippen LogP contribution in [0.1, 0.15) is 36.4 Å². The first-order valence-electron chi connectivity index (χ1n) is 8.90. The Balaban J connectivity index is 1.39. The van der Waals surface area contributed by atoms with Gasteiger partial charge in [-0.05, 0) is 37.3 Å². The molecule has 1 aromatic carbocycles. The van der Waals surface area contributed by atoms with E-state index in [0.717, 1.165) is 25.9 Å². The van der Waals surface area contributed by atoms with E-state index in [2.05, 4.69) is 46.3 Å². The lowest BCUT2D eigenvalue weighted by Crippen LogP contribution is -2.38. The number of carbonyl (C=O) groups excluding carboxylic acids is 1. The van der Waals surface area contributed by atoms with Crippen molar-refractivity contribution in [2.75, 3.05) is 13.1 Å². The van der Waals surface area contributed by atoms with Crippen molar-refractivity contribution < 1.29 is 4.79 Å². The number of likely N-dealkylation sites (tertiary alicyclic amines) is 1. The number of para-hydroxylation sites is 1. The van der Waals surface area contributed by atoms with Gasteiger partial charge in [-0.2, -0.15) is 5.10 Å². The summed E-state index contributed by atoms with van der Waals surface area (Å²) in [6, 6.07) is 8.50. The first-order chi connectivity index (χ1) is 12.2. The monoisotopic (exact) mass is 337 g/mol. The molecule has 0 unspecified atom stereocenters. The van der Waals surface area contributed by atoms with E-state index >= 15 is 0 Å². The van der Waals surface area contributed by atoms with Gasteiger partial charge in [-0.15, -0.1) is 0 Å². The standard InChI is InChI=1S/C19H23N5O/c1-14-19(16-4-2-3-5-17(16)22-14)15-6-9-23(10-7-15)18(25)8-11-24-13-20-12-21-24/h2-5,12-13,15,22H,6-11H2,1H3. The van der Waals surface area contributed by atoms with Crippen molar-refractivity contribution in [1.82, 2.24) is 24.6 Å². The summed E-state index contributed by atoms with van der Waals surface area (Å²) in [5.74, 6) is 0.736. The summed E-state index contributed by atoms with van der Waals surface area (Å²) >= 11 is 0. The molecule has 0 bridgehead atoms. The van der Waals surface area contributed by atoms with Gasteiger partial charge in [0.1, 0.15) is 12.7 Å². The number of H-pyrrole nitrogens is 1. The number of aromatic amines is 1.